The molecule has 0 atom stereocenters. The number of piperazine rings is 1. The average molecular weight is 394 g/mol. The van der Waals surface area contributed by atoms with E-state index in [1.165, 1.54) is 11.3 Å². The van der Waals surface area contributed by atoms with Crippen LogP contribution in [-0.4, -0.2) is 36.1 Å². The van der Waals surface area contributed by atoms with Gasteiger partial charge in [0.25, 0.3) is 0 Å². The number of nitrogens with zero attached hydrogens (tertiary/aromatic N) is 4. The van der Waals surface area contributed by atoms with E-state index in [0.29, 0.717) is 0 Å². The van der Waals surface area contributed by atoms with Gasteiger partial charge in [0, 0.05) is 54.3 Å². The minimum atomic E-state index is 0.772. The molecule has 0 radical (unpaired) electrons. The van der Waals surface area contributed by atoms with Crippen molar-refractivity contribution < 1.29 is 0 Å². The highest BCUT2D eigenvalue weighted by Crippen LogP contribution is 2.23. The molecule has 0 spiro atoms. The first-order valence-corrected chi connectivity index (χ1v) is 9.89. The summed E-state index contributed by atoms with van der Waals surface area (Å²) >= 11 is 6.14. The standard InChI is InChI=1S/C22H24ClN5/c1-16-5-3-7-19(13-16)25-21-14-17(2)24-22(26-21)28-11-9-27(10-12-28)20-8-4-6-18(23)15-20/h3-8,13-15H,9-12H2,1-2H3,(H,24,25,26). The fraction of sp³-hybridized carbons (Fsp3) is 0.273. The highest BCUT2D eigenvalue weighted by Gasteiger charge is 2.20. The van der Waals surface area contributed by atoms with Crippen molar-refractivity contribution in [3.05, 3.63) is 70.9 Å². The van der Waals surface area contributed by atoms with Crippen molar-refractivity contribution in [3.63, 3.8) is 0 Å². The molecule has 6 heteroatoms. The van der Waals surface area contributed by atoms with Gasteiger partial charge in [0.2, 0.25) is 5.95 Å². The van der Waals surface area contributed by atoms with Crippen molar-refractivity contribution >= 4 is 34.7 Å². The Morgan fingerprint density at radius 2 is 1.61 bits per heavy atom. The van der Waals surface area contributed by atoms with Gasteiger partial charge in [-0.3, -0.25) is 0 Å². The number of aromatic nitrogens is 2. The zero-order valence-corrected chi connectivity index (χ0v) is 16.9. The first-order chi connectivity index (χ1) is 13.6. The third kappa shape index (κ3) is 4.37. The van der Waals surface area contributed by atoms with E-state index < -0.39 is 0 Å². The van der Waals surface area contributed by atoms with Crippen molar-refractivity contribution in [2.45, 2.75) is 13.8 Å². The molecule has 2 aromatic carbocycles. The number of nitrogens with one attached hydrogen (secondary N) is 1. The highest BCUT2D eigenvalue weighted by molar-refractivity contribution is 6.30. The number of rotatable bonds is 4. The Kier molecular flexibility index (Phi) is 5.35. The lowest BCUT2D eigenvalue weighted by molar-refractivity contribution is 0.639. The number of hydrogen-bond donors (Lipinski definition) is 1. The van der Waals surface area contributed by atoms with Gasteiger partial charge in [0.15, 0.2) is 0 Å². The Balaban J connectivity index is 1.47. The second-order valence-corrected chi connectivity index (χ2v) is 7.58. The topological polar surface area (TPSA) is 44.3 Å². The number of aryl methyl sites for hydroxylation is 2. The highest BCUT2D eigenvalue weighted by atomic mass is 35.5. The quantitative estimate of drug-likeness (QED) is 0.688. The summed E-state index contributed by atoms with van der Waals surface area (Å²) in [5.41, 5.74) is 4.37. The van der Waals surface area contributed by atoms with E-state index in [9.17, 15) is 0 Å². The van der Waals surface area contributed by atoms with Crippen molar-refractivity contribution in [1.29, 1.82) is 0 Å². The summed E-state index contributed by atoms with van der Waals surface area (Å²) in [7, 11) is 0. The lowest BCUT2D eigenvalue weighted by Gasteiger charge is -2.36. The van der Waals surface area contributed by atoms with Crippen LogP contribution in [0.3, 0.4) is 0 Å². The van der Waals surface area contributed by atoms with Gasteiger partial charge in [-0.1, -0.05) is 29.8 Å². The van der Waals surface area contributed by atoms with Crippen LogP contribution in [0, 0.1) is 13.8 Å². The molecule has 1 saturated heterocycles. The Morgan fingerprint density at radius 3 is 2.36 bits per heavy atom. The molecule has 1 aromatic heterocycles. The number of hydrogen-bond acceptors (Lipinski definition) is 5. The maximum Gasteiger partial charge on any atom is 0.227 e. The zero-order valence-electron chi connectivity index (χ0n) is 16.2. The van der Waals surface area contributed by atoms with Crippen LogP contribution in [0.4, 0.5) is 23.1 Å². The minimum Gasteiger partial charge on any atom is -0.368 e. The summed E-state index contributed by atoms with van der Waals surface area (Å²) in [6, 6.07) is 18.3. The summed E-state index contributed by atoms with van der Waals surface area (Å²) in [4.78, 5) is 14.0. The van der Waals surface area contributed by atoms with E-state index in [-0.39, 0.29) is 0 Å². The molecule has 1 N–H and O–H groups in total. The Labute approximate surface area is 171 Å². The molecule has 1 aliphatic heterocycles. The van der Waals surface area contributed by atoms with Crippen LogP contribution < -0.4 is 15.1 Å². The smallest absolute Gasteiger partial charge is 0.227 e. The lowest BCUT2D eigenvalue weighted by Crippen LogP contribution is -2.47. The molecule has 0 saturated carbocycles. The minimum absolute atomic E-state index is 0.772. The molecule has 0 amide bonds. The van der Waals surface area contributed by atoms with E-state index >= 15 is 0 Å². The first kappa shape index (κ1) is 18.6. The third-order valence-corrected chi connectivity index (χ3v) is 5.10. The molecule has 2 heterocycles. The van der Waals surface area contributed by atoms with Gasteiger partial charge >= 0.3 is 0 Å². The molecule has 1 aliphatic rings. The van der Waals surface area contributed by atoms with Crippen molar-refractivity contribution in [3.8, 4) is 0 Å². The van der Waals surface area contributed by atoms with Crippen LogP contribution in [0.15, 0.2) is 54.6 Å². The normalized spacial score (nSPS) is 14.2. The van der Waals surface area contributed by atoms with Gasteiger partial charge in [-0.25, -0.2) is 4.98 Å². The Bertz CT molecular complexity index is 967. The van der Waals surface area contributed by atoms with E-state index in [2.05, 4.69) is 45.2 Å². The van der Waals surface area contributed by atoms with Crippen LogP contribution in [0.2, 0.25) is 5.02 Å². The predicted octanol–water partition coefficient (Wildman–Crippen LogP) is 4.82. The fourth-order valence-corrected chi connectivity index (χ4v) is 3.65. The SMILES string of the molecule is Cc1cccc(Nc2cc(C)nc(N3CCN(c4cccc(Cl)c4)CC3)n2)c1. The summed E-state index contributed by atoms with van der Waals surface area (Å²) in [5, 5.41) is 4.18. The van der Waals surface area contributed by atoms with Gasteiger partial charge < -0.3 is 15.1 Å². The maximum atomic E-state index is 6.14. The maximum absolute atomic E-state index is 6.14. The molecule has 0 bridgehead atoms. The predicted molar refractivity (Wildman–Crippen MR) is 117 cm³/mol. The van der Waals surface area contributed by atoms with Crippen molar-refractivity contribution in [2.24, 2.45) is 0 Å². The molecule has 1 fully saturated rings. The van der Waals surface area contributed by atoms with Gasteiger partial charge in [-0.15, -0.1) is 0 Å². The van der Waals surface area contributed by atoms with E-state index in [0.717, 1.165) is 54.3 Å². The van der Waals surface area contributed by atoms with Crippen molar-refractivity contribution in [1.82, 2.24) is 9.97 Å². The first-order valence-electron chi connectivity index (χ1n) is 9.52. The average Bonchev–Trinajstić information content (AvgIpc) is 2.68. The zero-order chi connectivity index (χ0) is 19.5. The molecule has 0 unspecified atom stereocenters. The van der Waals surface area contributed by atoms with Crippen LogP contribution in [0.5, 0.6) is 0 Å². The van der Waals surface area contributed by atoms with Crippen LogP contribution in [0.1, 0.15) is 11.3 Å². The molecule has 4 rings (SSSR count). The Hall–Kier alpha value is -2.79. The van der Waals surface area contributed by atoms with Crippen molar-refractivity contribution in [2.75, 3.05) is 41.3 Å². The summed E-state index contributed by atoms with van der Waals surface area (Å²) in [6.45, 7) is 7.67. The van der Waals surface area contributed by atoms with Gasteiger partial charge in [-0.2, -0.15) is 4.98 Å². The molecule has 0 aliphatic carbocycles. The third-order valence-electron chi connectivity index (χ3n) is 4.87. The van der Waals surface area contributed by atoms with Crippen LogP contribution in [-0.2, 0) is 0 Å². The summed E-state index contributed by atoms with van der Waals surface area (Å²) in [6.07, 6.45) is 0. The molecule has 5 nitrogen and oxygen atoms in total. The Morgan fingerprint density at radius 1 is 0.857 bits per heavy atom. The molecular weight excluding hydrogens is 370 g/mol. The van der Waals surface area contributed by atoms with Gasteiger partial charge in [0.05, 0.1) is 0 Å². The summed E-state index contributed by atoms with van der Waals surface area (Å²) in [5.74, 6) is 1.60. The number of halogens is 1. The van der Waals surface area contributed by atoms with Crippen LogP contribution >= 0.6 is 11.6 Å². The number of benzene rings is 2. The summed E-state index contributed by atoms with van der Waals surface area (Å²) < 4.78 is 0. The van der Waals surface area contributed by atoms with Gasteiger partial charge in [-0.05, 0) is 49.7 Å². The fourth-order valence-electron chi connectivity index (χ4n) is 3.47. The van der Waals surface area contributed by atoms with E-state index in [1.807, 2.05) is 43.3 Å². The molecule has 144 valence electrons. The second kappa shape index (κ2) is 8.07. The van der Waals surface area contributed by atoms with Gasteiger partial charge in [0.1, 0.15) is 5.82 Å². The molecule has 3 aromatic rings. The van der Waals surface area contributed by atoms with E-state index in [4.69, 9.17) is 16.6 Å². The van der Waals surface area contributed by atoms with E-state index in [1.54, 1.807) is 0 Å². The molecule has 28 heavy (non-hydrogen) atoms. The largest absolute Gasteiger partial charge is 0.368 e. The molecular formula is C22H24ClN5. The lowest BCUT2D eigenvalue weighted by atomic mass is 10.2. The number of anilines is 4. The second-order valence-electron chi connectivity index (χ2n) is 7.14. The monoisotopic (exact) mass is 393 g/mol. The van der Waals surface area contributed by atoms with Crippen LogP contribution in [0.25, 0.3) is 0 Å².